The Labute approximate surface area is 154 Å². The average Bonchev–Trinajstić information content (AvgIpc) is 2.61. The molecule has 138 valence electrons. The first-order chi connectivity index (χ1) is 12.5. The van der Waals surface area contributed by atoms with Gasteiger partial charge in [-0.2, -0.15) is 0 Å². The highest BCUT2D eigenvalue weighted by atomic mass is 16.5. The van der Waals surface area contributed by atoms with Crippen LogP contribution in [0.15, 0.2) is 48.5 Å². The smallest absolute Gasteiger partial charge is 0.255 e. The van der Waals surface area contributed by atoms with Crippen molar-refractivity contribution in [2.24, 2.45) is 5.92 Å². The molecule has 0 fully saturated rings. The molecular formula is C21H26N2O3. The summed E-state index contributed by atoms with van der Waals surface area (Å²) in [5.41, 5.74) is 1.94. The summed E-state index contributed by atoms with van der Waals surface area (Å²) >= 11 is 0. The lowest BCUT2D eigenvalue weighted by atomic mass is 10.1. The van der Waals surface area contributed by atoms with Crippen molar-refractivity contribution in [1.29, 1.82) is 0 Å². The highest BCUT2D eigenvalue weighted by Crippen LogP contribution is 2.17. The van der Waals surface area contributed by atoms with Crippen LogP contribution in [0.1, 0.15) is 44.0 Å². The summed E-state index contributed by atoms with van der Waals surface area (Å²) in [6.45, 7) is 6.70. The predicted octanol–water partition coefficient (Wildman–Crippen LogP) is 4.71. The lowest BCUT2D eigenvalue weighted by molar-refractivity contribution is -0.116. The van der Waals surface area contributed by atoms with Gasteiger partial charge in [-0.25, -0.2) is 0 Å². The number of hydrogen-bond acceptors (Lipinski definition) is 3. The highest BCUT2D eigenvalue weighted by molar-refractivity contribution is 6.04. The number of carbonyl (C=O) groups is 2. The van der Waals surface area contributed by atoms with Crippen molar-refractivity contribution >= 4 is 23.2 Å². The van der Waals surface area contributed by atoms with Crippen molar-refractivity contribution in [3.8, 4) is 5.75 Å². The molecule has 2 aromatic carbocycles. The third-order valence-electron chi connectivity index (χ3n) is 3.61. The molecule has 0 spiro atoms. The second-order valence-corrected chi connectivity index (χ2v) is 6.55. The van der Waals surface area contributed by atoms with E-state index in [2.05, 4.69) is 10.6 Å². The molecule has 5 heteroatoms. The lowest BCUT2D eigenvalue weighted by Gasteiger charge is -2.09. The zero-order chi connectivity index (χ0) is 18.9. The Hall–Kier alpha value is -2.82. The Morgan fingerprint density at radius 1 is 0.923 bits per heavy atom. The molecule has 2 amide bonds. The van der Waals surface area contributed by atoms with Gasteiger partial charge < -0.3 is 15.4 Å². The van der Waals surface area contributed by atoms with Gasteiger partial charge in [0.1, 0.15) is 5.75 Å². The van der Waals surface area contributed by atoms with E-state index in [0.29, 0.717) is 35.9 Å². The normalized spacial score (nSPS) is 10.5. The second kappa shape index (κ2) is 9.61. The molecule has 0 aliphatic heterocycles. The van der Waals surface area contributed by atoms with Gasteiger partial charge in [0, 0.05) is 23.4 Å². The van der Waals surface area contributed by atoms with Crippen LogP contribution in [0.3, 0.4) is 0 Å². The Morgan fingerprint density at radius 2 is 1.50 bits per heavy atom. The van der Waals surface area contributed by atoms with Gasteiger partial charge in [-0.05, 0) is 60.9 Å². The van der Waals surface area contributed by atoms with Crippen LogP contribution in [0.5, 0.6) is 5.75 Å². The predicted molar refractivity (Wildman–Crippen MR) is 105 cm³/mol. The molecule has 0 saturated heterocycles. The molecule has 0 unspecified atom stereocenters. The van der Waals surface area contributed by atoms with Crippen molar-refractivity contribution in [2.45, 2.75) is 33.6 Å². The van der Waals surface area contributed by atoms with Gasteiger partial charge in [0.05, 0.1) is 6.61 Å². The zero-order valence-corrected chi connectivity index (χ0v) is 15.5. The van der Waals surface area contributed by atoms with E-state index in [1.165, 1.54) is 0 Å². The van der Waals surface area contributed by atoms with Gasteiger partial charge in [0.25, 0.3) is 5.91 Å². The molecule has 26 heavy (non-hydrogen) atoms. The fourth-order valence-corrected chi connectivity index (χ4v) is 2.35. The zero-order valence-electron chi connectivity index (χ0n) is 15.5. The first kappa shape index (κ1) is 19.5. The molecule has 2 rings (SSSR count). The molecule has 0 aliphatic rings. The standard InChI is InChI=1S/C21H26N2O3/c1-4-13-26-19-11-5-16(6-12-19)21(25)23-18-9-7-17(8-10-18)22-20(24)14-15(2)3/h5-12,15H,4,13-14H2,1-3H3,(H,22,24)(H,23,25). The maximum Gasteiger partial charge on any atom is 0.255 e. The van der Waals surface area contributed by atoms with Crippen molar-refractivity contribution < 1.29 is 14.3 Å². The Bertz CT molecular complexity index is 722. The van der Waals surface area contributed by atoms with Crippen LogP contribution >= 0.6 is 0 Å². The number of nitrogens with one attached hydrogen (secondary N) is 2. The van der Waals surface area contributed by atoms with Gasteiger partial charge in [-0.15, -0.1) is 0 Å². The number of benzene rings is 2. The molecule has 2 aromatic rings. The minimum atomic E-state index is -0.191. The Kier molecular flexibility index (Phi) is 7.21. The number of hydrogen-bond donors (Lipinski definition) is 2. The molecule has 0 atom stereocenters. The molecule has 0 aliphatic carbocycles. The minimum Gasteiger partial charge on any atom is -0.494 e. The largest absolute Gasteiger partial charge is 0.494 e. The summed E-state index contributed by atoms with van der Waals surface area (Å²) in [4.78, 5) is 24.1. The molecule has 0 saturated carbocycles. The van der Waals surface area contributed by atoms with Gasteiger partial charge in [-0.1, -0.05) is 20.8 Å². The van der Waals surface area contributed by atoms with Gasteiger partial charge in [0.2, 0.25) is 5.91 Å². The van der Waals surface area contributed by atoms with E-state index in [9.17, 15) is 9.59 Å². The first-order valence-corrected chi connectivity index (χ1v) is 8.92. The monoisotopic (exact) mass is 354 g/mol. The van der Waals surface area contributed by atoms with E-state index in [1.807, 2.05) is 20.8 Å². The third-order valence-corrected chi connectivity index (χ3v) is 3.61. The quantitative estimate of drug-likeness (QED) is 0.721. The van der Waals surface area contributed by atoms with Crippen LogP contribution in [-0.4, -0.2) is 18.4 Å². The van der Waals surface area contributed by atoms with Crippen LogP contribution in [0.2, 0.25) is 0 Å². The van der Waals surface area contributed by atoms with Crippen LogP contribution < -0.4 is 15.4 Å². The molecule has 2 N–H and O–H groups in total. The van der Waals surface area contributed by atoms with Crippen LogP contribution in [0.25, 0.3) is 0 Å². The summed E-state index contributed by atoms with van der Waals surface area (Å²) in [6, 6.07) is 14.1. The molecule has 0 radical (unpaired) electrons. The molecule has 0 bridgehead atoms. The van der Waals surface area contributed by atoms with Gasteiger partial charge in [-0.3, -0.25) is 9.59 Å². The second-order valence-electron chi connectivity index (χ2n) is 6.55. The summed E-state index contributed by atoms with van der Waals surface area (Å²) in [5, 5.41) is 5.68. The third kappa shape index (κ3) is 6.24. The molecule has 5 nitrogen and oxygen atoms in total. The topological polar surface area (TPSA) is 67.4 Å². The van der Waals surface area contributed by atoms with Crippen molar-refractivity contribution in [3.05, 3.63) is 54.1 Å². The summed E-state index contributed by atoms with van der Waals surface area (Å²) in [5.74, 6) is 0.864. The number of ether oxygens (including phenoxy) is 1. The lowest BCUT2D eigenvalue weighted by Crippen LogP contribution is -2.14. The first-order valence-electron chi connectivity index (χ1n) is 8.92. The molecule has 0 aromatic heterocycles. The van der Waals surface area contributed by atoms with E-state index in [0.717, 1.165) is 12.2 Å². The van der Waals surface area contributed by atoms with Crippen molar-refractivity contribution in [2.75, 3.05) is 17.2 Å². The number of carbonyl (C=O) groups excluding carboxylic acids is 2. The number of anilines is 2. The van der Waals surface area contributed by atoms with E-state index >= 15 is 0 Å². The maximum atomic E-state index is 12.3. The van der Waals surface area contributed by atoms with Crippen LogP contribution in [-0.2, 0) is 4.79 Å². The Balaban J connectivity index is 1.91. The summed E-state index contributed by atoms with van der Waals surface area (Å²) in [6.07, 6.45) is 1.42. The van der Waals surface area contributed by atoms with Crippen molar-refractivity contribution in [3.63, 3.8) is 0 Å². The number of amides is 2. The van der Waals surface area contributed by atoms with Gasteiger partial charge in [0.15, 0.2) is 0 Å². The fraction of sp³-hybridized carbons (Fsp3) is 0.333. The fourth-order valence-electron chi connectivity index (χ4n) is 2.35. The van der Waals surface area contributed by atoms with Gasteiger partial charge >= 0.3 is 0 Å². The van der Waals surface area contributed by atoms with Crippen LogP contribution in [0, 0.1) is 5.92 Å². The molecule has 0 heterocycles. The van der Waals surface area contributed by atoms with E-state index in [4.69, 9.17) is 4.74 Å². The van der Waals surface area contributed by atoms with Crippen molar-refractivity contribution in [1.82, 2.24) is 0 Å². The summed E-state index contributed by atoms with van der Waals surface area (Å²) in [7, 11) is 0. The van der Waals surface area contributed by atoms with E-state index in [1.54, 1.807) is 48.5 Å². The van der Waals surface area contributed by atoms with E-state index < -0.39 is 0 Å². The Morgan fingerprint density at radius 3 is 2.04 bits per heavy atom. The molecular weight excluding hydrogens is 328 g/mol. The minimum absolute atomic E-state index is 0.0119. The van der Waals surface area contributed by atoms with Crippen LogP contribution in [0.4, 0.5) is 11.4 Å². The number of rotatable bonds is 8. The summed E-state index contributed by atoms with van der Waals surface area (Å²) < 4.78 is 5.51. The SMILES string of the molecule is CCCOc1ccc(C(=O)Nc2ccc(NC(=O)CC(C)C)cc2)cc1. The average molecular weight is 354 g/mol. The van der Waals surface area contributed by atoms with E-state index in [-0.39, 0.29) is 11.8 Å². The maximum absolute atomic E-state index is 12.3. The highest BCUT2D eigenvalue weighted by Gasteiger charge is 2.08.